The lowest BCUT2D eigenvalue weighted by atomic mass is 9.88. The molecule has 0 unspecified atom stereocenters. The molecule has 0 saturated heterocycles. The maximum absolute atomic E-state index is 11.3. The van der Waals surface area contributed by atoms with Gasteiger partial charge in [-0.2, -0.15) is 10.5 Å². The number of sulfonamides is 1. The van der Waals surface area contributed by atoms with Crippen molar-refractivity contribution in [1.29, 1.82) is 10.5 Å². The number of nitrogens with zero attached hydrogens (tertiary/aromatic N) is 4. The first-order chi connectivity index (χ1) is 15.8. The molecule has 168 valence electrons. The molecule has 8 heteroatoms. The van der Waals surface area contributed by atoms with Gasteiger partial charge in [-0.3, -0.25) is 0 Å². The normalized spacial score (nSPS) is 13.8. The van der Waals surface area contributed by atoms with Crippen LogP contribution in [0.4, 0.5) is 11.4 Å². The fourth-order valence-corrected chi connectivity index (χ4v) is 4.13. The van der Waals surface area contributed by atoms with E-state index >= 15 is 0 Å². The third-order valence-electron chi connectivity index (χ3n) is 5.31. The minimum Gasteiger partial charge on any atom is -0.370 e. The molecule has 0 saturated carbocycles. The van der Waals surface area contributed by atoms with E-state index in [9.17, 15) is 18.9 Å². The SMILES string of the molecule is CCN(CCNS(C)(=O)=O)c1ccc(N=C2C=CC(=C(C#N)C#N)c3ccccc32)c(C)c1. The summed E-state index contributed by atoms with van der Waals surface area (Å²) in [6.45, 7) is 5.64. The summed E-state index contributed by atoms with van der Waals surface area (Å²) in [5.41, 5.74) is 5.89. The van der Waals surface area contributed by atoms with Crippen molar-refractivity contribution >= 4 is 32.7 Å². The molecule has 1 aliphatic rings. The molecule has 0 bridgehead atoms. The van der Waals surface area contributed by atoms with Gasteiger partial charge >= 0.3 is 0 Å². The molecule has 7 nitrogen and oxygen atoms in total. The molecule has 0 amide bonds. The number of hydrogen-bond donors (Lipinski definition) is 1. The number of rotatable bonds is 7. The van der Waals surface area contributed by atoms with Crippen molar-refractivity contribution in [3.05, 3.63) is 76.9 Å². The second-order valence-electron chi connectivity index (χ2n) is 7.61. The Balaban J connectivity index is 1.92. The number of aryl methyl sites for hydroxylation is 1. The fourth-order valence-electron chi connectivity index (χ4n) is 3.67. The smallest absolute Gasteiger partial charge is 0.208 e. The van der Waals surface area contributed by atoms with Crippen molar-refractivity contribution < 1.29 is 8.42 Å². The Labute approximate surface area is 195 Å². The number of benzene rings is 2. The maximum atomic E-state index is 11.3. The molecule has 1 N–H and O–H groups in total. The molecular formula is C25H25N5O2S. The summed E-state index contributed by atoms with van der Waals surface area (Å²) >= 11 is 0. The Morgan fingerprint density at radius 2 is 1.79 bits per heavy atom. The van der Waals surface area contributed by atoms with Gasteiger partial charge < -0.3 is 4.90 Å². The van der Waals surface area contributed by atoms with Gasteiger partial charge in [0.25, 0.3) is 0 Å². The number of fused-ring (bicyclic) bond motifs is 1. The molecule has 0 spiro atoms. The van der Waals surface area contributed by atoms with Crippen LogP contribution in [0.5, 0.6) is 0 Å². The van der Waals surface area contributed by atoms with Gasteiger partial charge in [-0.15, -0.1) is 0 Å². The number of hydrogen-bond acceptors (Lipinski definition) is 6. The van der Waals surface area contributed by atoms with Gasteiger partial charge in [0.05, 0.1) is 17.7 Å². The molecule has 0 fully saturated rings. The molecule has 2 aromatic rings. The summed E-state index contributed by atoms with van der Waals surface area (Å²) in [6.07, 6.45) is 4.74. The third kappa shape index (κ3) is 5.75. The van der Waals surface area contributed by atoms with Crippen LogP contribution in [0.15, 0.2) is 65.2 Å². The van der Waals surface area contributed by atoms with Crippen LogP contribution >= 0.6 is 0 Å². The number of aliphatic imine (C=N–C) groups is 1. The molecule has 0 heterocycles. The summed E-state index contributed by atoms with van der Waals surface area (Å²) in [4.78, 5) is 6.95. The number of anilines is 1. The van der Waals surface area contributed by atoms with Crippen LogP contribution in [0.1, 0.15) is 23.6 Å². The summed E-state index contributed by atoms with van der Waals surface area (Å²) < 4.78 is 25.2. The predicted octanol–water partition coefficient (Wildman–Crippen LogP) is 3.86. The van der Waals surface area contributed by atoms with Gasteiger partial charge in [-0.1, -0.05) is 30.3 Å². The summed E-state index contributed by atoms with van der Waals surface area (Å²) in [7, 11) is -3.22. The van der Waals surface area contributed by atoms with Crippen LogP contribution in [0.2, 0.25) is 0 Å². The standard InChI is InChI=1S/C25H25N5O2S/c1-4-30(14-13-28-33(3,31)32)20-9-11-24(18(2)15-20)29-25-12-10-21(19(16-26)17-27)22-7-5-6-8-23(22)25/h5-12,15,28H,4,13-14H2,1-3H3. The lowest BCUT2D eigenvalue weighted by molar-refractivity contribution is 0.587. The molecule has 2 aromatic carbocycles. The average molecular weight is 460 g/mol. The van der Waals surface area contributed by atoms with Crippen molar-refractivity contribution in [1.82, 2.24) is 4.72 Å². The van der Waals surface area contributed by atoms with E-state index in [-0.39, 0.29) is 5.57 Å². The zero-order valence-electron chi connectivity index (χ0n) is 18.8. The van der Waals surface area contributed by atoms with Crippen LogP contribution in [0.25, 0.3) is 5.57 Å². The predicted molar refractivity (Wildman–Crippen MR) is 132 cm³/mol. The molecule has 0 aliphatic heterocycles. The van der Waals surface area contributed by atoms with Gasteiger partial charge in [0.15, 0.2) is 0 Å². The Morgan fingerprint density at radius 1 is 1.09 bits per heavy atom. The molecule has 3 rings (SSSR count). The highest BCUT2D eigenvalue weighted by Crippen LogP contribution is 2.31. The molecule has 0 aromatic heterocycles. The first-order valence-corrected chi connectivity index (χ1v) is 12.4. The van der Waals surface area contributed by atoms with E-state index in [0.717, 1.165) is 46.6 Å². The van der Waals surface area contributed by atoms with Gasteiger partial charge in [-0.25, -0.2) is 18.1 Å². The third-order valence-corrected chi connectivity index (χ3v) is 6.04. The average Bonchev–Trinajstić information content (AvgIpc) is 2.79. The van der Waals surface area contributed by atoms with Crippen LogP contribution < -0.4 is 9.62 Å². The topological polar surface area (TPSA) is 109 Å². The Bertz CT molecular complexity index is 1330. The number of allylic oxidation sites excluding steroid dienone is 4. The quantitative estimate of drug-likeness (QED) is 0.632. The molecule has 0 atom stereocenters. The van der Waals surface area contributed by atoms with Crippen LogP contribution in [-0.4, -0.2) is 40.0 Å². The van der Waals surface area contributed by atoms with Crippen molar-refractivity contribution in [2.45, 2.75) is 13.8 Å². The van der Waals surface area contributed by atoms with Crippen molar-refractivity contribution in [3.8, 4) is 12.1 Å². The van der Waals surface area contributed by atoms with Gasteiger partial charge in [-0.05, 0) is 49.2 Å². The zero-order valence-corrected chi connectivity index (χ0v) is 19.6. The van der Waals surface area contributed by atoms with E-state index < -0.39 is 10.0 Å². The lowest BCUT2D eigenvalue weighted by Gasteiger charge is -2.24. The van der Waals surface area contributed by atoms with Gasteiger partial charge in [0, 0.05) is 36.5 Å². The zero-order chi connectivity index (χ0) is 24.0. The van der Waals surface area contributed by atoms with Crippen LogP contribution in [-0.2, 0) is 10.0 Å². The number of likely N-dealkylation sites (N-methyl/N-ethyl adjacent to an activating group) is 1. The van der Waals surface area contributed by atoms with E-state index in [4.69, 9.17) is 4.99 Å². The van der Waals surface area contributed by atoms with Gasteiger partial charge in [0.2, 0.25) is 10.0 Å². The Kier molecular flexibility index (Phi) is 7.44. The second-order valence-corrected chi connectivity index (χ2v) is 9.44. The van der Waals surface area contributed by atoms with E-state index in [2.05, 4.69) is 9.62 Å². The van der Waals surface area contributed by atoms with Crippen LogP contribution in [0, 0.1) is 29.6 Å². The minimum absolute atomic E-state index is 0.0725. The van der Waals surface area contributed by atoms with Crippen molar-refractivity contribution in [2.24, 2.45) is 4.99 Å². The first kappa shape index (κ1) is 23.9. The highest BCUT2D eigenvalue weighted by Gasteiger charge is 2.18. The van der Waals surface area contributed by atoms with Gasteiger partial charge in [0.1, 0.15) is 17.7 Å². The number of nitrogens with one attached hydrogen (secondary N) is 1. The number of nitriles is 2. The largest absolute Gasteiger partial charge is 0.370 e. The first-order valence-electron chi connectivity index (χ1n) is 10.5. The van der Waals surface area contributed by atoms with E-state index in [0.29, 0.717) is 18.7 Å². The Morgan fingerprint density at radius 3 is 2.39 bits per heavy atom. The maximum Gasteiger partial charge on any atom is 0.208 e. The minimum atomic E-state index is -3.22. The Hall–Kier alpha value is -3.72. The van der Waals surface area contributed by atoms with Crippen LogP contribution in [0.3, 0.4) is 0 Å². The van der Waals surface area contributed by atoms with E-state index in [1.807, 2.05) is 74.5 Å². The summed E-state index contributed by atoms with van der Waals surface area (Å²) in [5, 5.41) is 18.6. The summed E-state index contributed by atoms with van der Waals surface area (Å²) in [5.74, 6) is 0. The van der Waals surface area contributed by atoms with Crippen molar-refractivity contribution in [2.75, 3.05) is 30.8 Å². The molecule has 0 radical (unpaired) electrons. The second kappa shape index (κ2) is 10.3. The molecule has 1 aliphatic carbocycles. The summed E-state index contributed by atoms with van der Waals surface area (Å²) in [6, 6.07) is 17.5. The fraction of sp³-hybridized carbons (Fsp3) is 0.240. The monoisotopic (exact) mass is 459 g/mol. The highest BCUT2D eigenvalue weighted by molar-refractivity contribution is 7.88. The van der Waals surface area contributed by atoms with E-state index in [1.54, 1.807) is 6.08 Å². The highest BCUT2D eigenvalue weighted by atomic mass is 32.2. The molecule has 33 heavy (non-hydrogen) atoms. The van der Waals surface area contributed by atoms with Crippen molar-refractivity contribution in [3.63, 3.8) is 0 Å². The van der Waals surface area contributed by atoms with E-state index in [1.165, 1.54) is 0 Å². The molecular weight excluding hydrogens is 434 g/mol. The lowest BCUT2D eigenvalue weighted by Crippen LogP contribution is -2.34.